The molecule has 4 aromatic rings. The van der Waals surface area contributed by atoms with Gasteiger partial charge >= 0.3 is 0 Å². The van der Waals surface area contributed by atoms with Crippen molar-refractivity contribution >= 4 is 55.1 Å². The lowest BCUT2D eigenvalue weighted by Gasteiger charge is -2.34. The molecule has 0 fully saturated rings. The van der Waals surface area contributed by atoms with Crippen molar-refractivity contribution in [2.45, 2.75) is 50.2 Å². The largest absolute Gasteiger partial charge is 0.497 e. The second-order valence-electron chi connectivity index (χ2n) is 10.8. The van der Waals surface area contributed by atoms with Gasteiger partial charge in [0.25, 0.3) is 10.0 Å². The number of nitrogens with zero attached hydrogens (tertiary/aromatic N) is 2. The number of anilines is 1. The van der Waals surface area contributed by atoms with Gasteiger partial charge in [-0.05, 0) is 79.1 Å². The van der Waals surface area contributed by atoms with Gasteiger partial charge in [0.15, 0.2) is 0 Å². The molecule has 0 spiro atoms. The van der Waals surface area contributed by atoms with Crippen LogP contribution in [0.5, 0.6) is 5.75 Å². The van der Waals surface area contributed by atoms with E-state index in [-0.39, 0.29) is 35.5 Å². The van der Waals surface area contributed by atoms with Gasteiger partial charge in [-0.15, -0.1) is 0 Å². The molecular weight excluding hydrogens is 690 g/mol. The lowest BCUT2D eigenvalue weighted by atomic mass is 10.0. The maximum atomic E-state index is 14.5. The molecule has 0 aliphatic rings. The third-order valence-corrected chi connectivity index (χ3v) is 10.1. The van der Waals surface area contributed by atoms with Gasteiger partial charge in [-0.2, -0.15) is 0 Å². The average Bonchev–Trinajstić information content (AvgIpc) is 3.05. The highest BCUT2D eigenvalue weighted by Crippen LogP contribution is 2.28. The van der Waals surface area contributed by atoms with Crippen LogP contribution in [0.25, 0.3) is 0 Å². The smallest absolute Gasteiger partial charge is 0.264 e. The summed E-state index contributed by atoms with van der Waals surface area (Å²) in [6.45, 7) is 3.36. The number of ether oxygens (including phenoxy) is 1. The van der Waals surface area contributed by atoms with Crippen molar-refractivity contribution < 1.29 is 22.7 Å². The maximum absolute atomic E-state index is 14.5. The summed E-state index contributed by atoms with van der Waals surface area (Å²) in [5, 5.41) is 3.34. The fourth-order valence-corrected chi connectivity index (χ4v) is 6.90. The molecule has 46 heavy (non-hydrogen) atoms. The van der Waals surface area contributed by atoms with E-state index in [0.29, 0.717) is 17.2 Å². The average molecular weight is 727 g/mol. The number of hydrogen-bond acceptors (Lipinski definition) is 5. The summed E-state index contributed by atoms with van der Waals surface area (Å²) in [7, 11) is -2.78. The van der Waals surface area contributed by atoms with Crippen LogP contribution in [0.4, 0.5) is 5.69 Å². The Bertz CT molecular complexity index is 1740. The van der Waals surface area contributed by atoms with E-state index in [1.165, 1.54) is 30.2 Å². The minimum atomic E-state index is -4.27. The van der Waals surface area contributed by atoms with E-state index >= 15 is 0 Å². The number of halogens is 2. The molecule has 242 valence electrons. The molecular formula is C35H37BrClN3O5S. The van der Waals surface area contributed by atoms with Crippen molar-refractivity contribution in [3.05, 3.63) is 124 Å². The van der Waals surface area contributed by atoms with E-state index in [2.05, 4.69) is 21.2 Å². The van der Waals surface area contributed by atoms with Crippen LogP contribution in [0.15, 0.2) is 112 Å². The fraction of sp³-hybridized carbons (Fsp3) is 0.257. The SMILES string of the molecule is CC[C@@H](C)NC(=O)[C@@H](Cc1ccccc1)N(Cc1cccc(Br)c1)C(=O)CN(c1cccc(Cl)c1)S(=O)(=O)c1ccc(OC)cc1. The Morgan fingerprint density at radius 2 is 1.59 bits per heavy atom. The third-order valence-electron chi connectivity index (χ3n) is 7.54. The van der Waals surface area contributed by atoms with Gasteiger partial charge in [0.1, 0.15) is 18.3 Å². The summed E-state index contributed by atoms with van der Waals surface area (Å²) in [4.78, 5) is 29.9. The summed E-state index contributed by atoms with van der Waals surface area (Å²) < 4.78 is 35.4. The molecule has 0 heterocycles. The summed E-state index contributed by atoms with van der Waals surface area (Å²) >= 11 is 9.80. The van der Waals surface area contributed by atoms with Gasteiger partial charge in [0.2, 0.25) is 11.8 Å². The zero-order chi connectivity index (χ0) is 33.3. The molecule has 8 nitrogen and oxygen atoms in total. The topological polar surface area (TPSA) is 96.0 Å². The first-order chi connectivity index (χ1) is 22.0. The normalized spacial score (nSPS) is 12.5. The number of hydrogen-bond donors (Lipinski definition) is 1. The Labute approximate surface area is 284 Å². The van der Waals surface area contributed by atoms with E-state index in [1.54, 1.807) is 30.3 Å². The van der Waals surface area contributed by atoms with Crippen molar-refractivity contribution in [2.24, 2.45) is 0 Å². The van der Waals surface area contributed by atoms with Gasteiger partial charge in [-0.1, -0.05) is 83.0 Å². The number of amides is 2. The molecule has 0 unspecified atom stereocenters. The summed E-state index contributed by atoms with van der Waals surface area (Å²) in [6, 6.07) is 28.1. The fourth-order valence-electron chi connectivity index (χ4n) is 4.86. The predicted molar refractivity (Wildman–Crippen MR) is 185 cm³/mol. The van der Waals surface area contributed by atoms with Gasteiger partial charge in [0.05, 0.1) is 17.7 Å². The third kappa shape index (κ3) is 9.11. The number of nitrogens with one attached hydrogen (secondary N) is 1. The van der Waals surface area contributed by atoms with Crippen molar-refractivity contribution in [1.82, 2.24) is 10.2 Å². The highest BCUT2D eigenvalue weighted by molar-refractivity contribution is 9.10. The van der Waals surface area contributed by atoms with E-state index in [1.807, 2.05) is 68.4 Å². The zero-order valence-corrected chi connectivity index (χ0v) is 29.1. The molecule has 4 aromatic carbocycles. The molecule has 1 N–H and O–H groups in total. The van der Waals surface area contributed by atoms with Crippen molar-refractivity contribution in [3.63, 3.8) is 0 Å². The van der Waals surface area contributed by atoms with Crippen LogP contribution >= 0.6 is 27.5 Å². The van der Waals surface area contributed by atoms with Crippen LogP contribution in [-0.4, -0.2) is 50.9 Å². The molecule has 2 atom stereocenters. The molecule has 0 aliphatic heterocycles. The van der Waals surface area contributed by atoms with Crippen molar-refractivity contribution in [3.8, 4) is 5.75 Å². The summed E-state index contributed by atoms with van der Waals surface area (Å²) in [6.07, 6.45) is 0.928. The minimum absolute atomic E-state index is 0.0324. The Morgan fingerprint density at radius 1 is 0.913 bits per heavy atom. The summed E-state index contributed by atoms with van der Waals surface area (Å²) in [5.74, 6) is -0.397. The molecule has 0 saturated carbocycles. The van der Waals surface area contributed by atoms with Crippen LogP contribution in [0.1, 0.15) is 31.4 Å². The monoisotopic (exact) mass is 725 g/mol. The first-order valence-electron chi connectivity index (χ1n) is 14.8. The van der Waals surface area contributed by atoms with Crippen LogP contribution in [0.3, 0.4) is 0 Å². The van der Waals surface area contributed by atoms with Gasteiger partial charge < -0.3 is 15.0 Å². The first kappa shape index (κ1) is 35.0. The standard InChI is InChI=1S/C35H37BrClN3O5S/c1-4-25(2)38-35(42)33(21-26-10-6-5-7-11-26)39(23-27-12-8-13-28(36)20-27)34(41)24-40(30-15-9-14-29(37)22-30)46(43,44)32-18-16-31(45-3)17-19-32/h5-20,22,25,33H,4,21,23-24H2,1-3H3,(H,38,42)/t25-,33-/m1/s1. The zero-order valence-electron chi connectivity index (χ0n) is 25.9. The number of carbonyl (C=O) groups is 2. The maximum Gasteiger partial charge on any atom is 0.264 e. The Balaban J connectivity index is 1.81. The lowest BCUT2D eigenvalue weighted by Crippen LogP contribution is -2.54. The quantitative estimate of drug-likeness (QED) is 0.153. The molecule has 0 aliphatic carbocycles. The Hall–Kier alpha value is -3.86. The lowest BCUT2D eigenvalue weighted by molar-refractivity contribution is -0.140. The molecule has 0 radical (unpaired) electrons. The predicted octanol–water partition coefficient (Wildman–Crippen LogP) is 6.86. The number of sulfonamides is 1. The van der Waals surface area contributed by atoms with Crippen LogP contribution < -0.4 is 14.4 Å². The van der Waals surface area contributed by atoms with Crippen molar-refractivity contribution in [2.75, 3.05) is 18.0 Å². The summed E-state index contributed by atoms with van der Waals surface area (Å²) in [5.41, 5.74) is 1.84. The van der Waals surface area contributed by atoms with Crippen LogP contribution in [0.2, 0.25) is 5.02 Å². The van der Waals surface area contributed by atoms with Gasteiger partial charge in [-0.3, -0.25) is 13.9 Å². The van der Waals surface area contributed by atoms with Gasteiger partial charge in [-0.25, -0.2) is 8.42 Å². The second kappa shape index (κ2) is 16.1. The highest BCUT2D eigenvalue weighted by Gasteiger charge is 2.35. The van der Waals surface area contributed by atoms with E-state index < -0.39 is 28.5 Å². The first-order valence-corrected chi connectivity index (χ1v) is 17.4. The molecule has 0 bridgehead atoms. The number of methoxy groups -OCH3 is 1. The van der Waals surface area contributed by atoms with E-state index in [9.17, 15) is 18.0 Å². The molecule has 2 amide bonds. The minimum Gasteiger partial charge on any atom is -0.497 e. The number of carbonyl (C=O) groups excluding carboxylic acids is 2. The van der Waals surface area contributed by atoms with E-state index in [0.717, 1.165) is 19.9 Å². The second-order valence-corrected chi connectivity index (χ2v) is 14.1. The Kier molecular flexibility index (Phi) is 12.3. The number of benzene rings is 4. The molecule has 4 rings (SSSR count). The van der Waals surface area contributed by atoms with Crippen LogP contribution in [-0.2, 0) is 32.6 Å². The van der Waals surface area contributed by atoms with Gasteiger partial charge in [0, 0.05) is 28.5 Å². The molecule has 0 saturated heterocycles. The number of rotatable bonds is 14. The van der Waals surface area contributed by atoms with Crippen molar-refractivity contribution in [1.29, 1.82) is 0 Å². The van der Waals surface area contributed by atoms with Crippen LogP contribution in [0, 0.1) is 0 Å². The molecule has 0 aromatic heterocycles. The van der Waals surface area contributed by atoms with E-state index in [4.69, 9.17) is 16.3 Å². The Morgan fingerprint density at radius 3 is 2.22 bits per heavy atom. The molecule has 11 heteroatoms. The highest BCUT2D eigenvalue weighted by atomic mass is 79.9.